The lowest BCUT2D eigenvalue weighted by Crippen LogP contribution is -2.18. The second-order valence-electron chi connectivity index (χ2n) is 12.7. The second-order valence-corrected chi connectivity index (χ2v) is 12.7. The van der Waals surface area contributed by atoms with Gasteiger partial charge in [-0.1, -0.05) is 140 Å². The Morgan fingerprint density at radius 2 is 1.02 bits per heavy atom. The van der Waals surface area contributed by atoms with Gasteiger partial charge in [0.05, 0.1) is 6.61 Å². The van der Waals surface area contributed by atoms with Crippen molar-refractivity contribution >= 4 is 11.8 Å². The standard InChI is InChI=1S/C39H68O4/c1-3-5-7-9-13-23-31-38(32-24-14-10-8-6-4-2)43-39(41)33-25-15-11-12-21-29-37(40)30-22-16-17-26-34-42-35-36-27-19-18-20-28-36/h18-20,27-28,38H,3-17,21-26,29-35H2,1-2H3. The predicted octanol–water partition coefficient (Wildman–Crippen LogP) is 11.9. The summed E-state index contributed by atoms with van der Waals surface area (Å²) >= 11 is 0. The Balaban J connectivity index is 2.01. The van der Waals surface area contributed by atoms with E-state index < -0.39 is 0 Å². The SMILES string of the molecule is CCCCCCCCC(CCCCCCCC)OC(=O)CCCCCCCC(=O)CCCCCCOCc1ccccc1. The molecule has 0 atom stereocenters. The van der Waals surface area contributed by atoms with Gasteiger partial charge in [-0.05, 0) is 56.9 Å². The minimum atomic E-state index is -0.0000920. The highest BCUT2D eigenvalue weighted by Crippen LogP contribution is 2.18. The number of carbonyl (C=O) groups is 2. The number of hydrogen-bond donors (Lipinski definition) is 0. The minimum Gasteiger partial charge on any atom is -0.462 e. The highest BCUT2D eigenvalue weighted by Gasteiger charge is 2.14. The minimum absolute atomic E-state index is 0.0000920. The number of hydrogen-bond acceptors (Lipinski definition) is 4. The lowest BCUT2D eigenvalue weighted by molar-refractivity contribution is -0.150. The van der Waals surface area contributed by atoms with Crippen LogP contribution in [0.25, 0.3) is 0 Å². The summed E-state index contributed by atoms with van der Waals surface area (Å²) in [6.07, 6.45) is 29.0. The monoisotopic (exact) mass is 601 g/mol. The van der Waals surface area contributed by atoms with Gasteiger partial charge in [-0.2, -0.15) is 0 Å². The van der Waals surface area contributed by atoms with Crippen molar-refractivity contribution in [3.63, 3.8) is 0 Å². The molecule has 4 heteroatoms. The molecule has 0 aliphatic carbocycles. The van der Waals surface area contributed by atoms with Crippen molar-refractivity contribution in [3.05, 3.63) is 35.9 Å². The first-order chi connectivity index (χ1) is 21.2. The molecule has 0 unspecified atom stereocenters. The summed E-state index contributed by atoms with van der Waals surface area (Å²) in [5.41, 5.74) is 1.22. The largest absolute Gasteiger partial charge is 0.462 e. The molecular weight excluding hydrogens is 532 g/mol. The Hall–Kier alpha value is -1.68. The van der Waals surface area contributed by atoms with Crippen LogP contribution in [0.2, 0.25) is 0 Å². The van der Waals surface area contributed by atoms with E-state index in [0.717, 1.165) is 83.7 Å². The first-order valence-electron chi connectivity index (χ1n) is 18.5. The summed E-state index contributed by atoms with van der Waals surface area (Å²) in [5.74, 6) is 0.408. The second kappa shape index (κ2) is 30.4. The smallest absolute Gasteiger partial charge is 0.306 e. The molecule has 0 saturated heterocycles. The summed E-state index contributed by atoms with van der Waals surface area (Å²) < 4.78 is 11.7. The van der Waals surface area contributed by atoms with E-state index in [1.54, 1.807) is 0 Å². The van der Waals surface area contributed by atoms with Crippen LogP contribution in [-0.4, -0.2) is 24.5 Å². The zero-order valence-electron chi connectivity index (χ0n) is 28.4. The number of unbranched alkanes of at least 4 members (excludes halogenated alkanes) is 17. The number of rotatable bonds is 32. The fraction of sp³-hybridized carbons (Fsp3) is 0.795. The predicted molar refractivity (Wildman–Crippen MR) is 182 cm³/mol. The van der Waals surface area contributed by atoms with Crippen LogP contribution in [0.15, 0.2) is 30.3 Å². The molecule has 0 radical (unpaired) electrons. The average Bonchev–Trinajstić information content (AvgIpc) is 3.01. The van der Waals surface area contributed by atoms with Crippen LogP contribution < -0.4 is 0 Å². The zero-order valence-corrected chi connectivity index (χ0v) is 28.4. The van der Waals surface area contributed by atoms with Crippen LogP contribution in [-0.2, 0) is 25.7 Å². The highest BCUT2D eigenvalue weighted by molar-refractivity contribution is 5.78. The Bertz CT molecular complexity index is 731. The third-order valence-electron chi connectivity index (χ3n) is 8.50. The molecular formula is C39H68O4. The third-order valence-corrected chi connectivity index (χ3v) is 8.50. The average molecular weight is 601 g/mol. The van der Waals surface area contributed by atoms with E-state index >= 15 is 0 Å². The van der Waals surface area contributed by atoms with Gasteiger partial charge in [-0.15, -0.1) is 0 Å². The summed E-state index contributed by atoms with van der Waals surface area (Å²) in [6, 6.07) is 10.3. The first kappa shape index (κ1) is 39.3. The van der Waals surface area contributed by atoms with Crippen molar-refractivity contribution in [2.75, 3.05) is 6.61 Å². The molecule has 0 fully saturated rings. The van der Waals surface area contributed by atoms with Crippen LogP contribution in [0.5, 0.6) is 0 Å². The van der Waals surface area contributed by atoms with Crippen molar-refractivity contribution in [1.29, 1.82) is 0 Å². The molecule has 1 aromatic carbocycles. The van der Waals surface area contributed by atoms with E-state index in [-0.39, 0.29) is 12.1 Å². The highest BCUT2D eigenvalue weighted by atomic mass is 16.5. The van der Waals surface area contributed by atoms with Crippen molar-refractivity contribution < 1.29 is 19.1 Å². The van der Waals surface area contributed by atoms with Gasteiger partial charge in [-0.25, -0.2) is 0 Å². The lowest BCUT2D eigenvalue weighted by Gasteiger charge is -2.18. The molecule has 0 spiro atoms. The van der Waals surface area contributed by atoms with E-state index in [4.69, 9.17) is 9.47 Å². The Kier molecular flexibility index (Phi) is 27.8. The van der Waals surface area contributed by atoms with E-state index in [1.807, 2.05) is 18.2 Å². The van der Waals surface area contributed by atoms with Crippen LogP contribution in [0.1, 0.15) is 186 Å². The molecule has 4 nitrogen and oxygen atoms in total. The third kappa shape index (κ3) is 26.4. The normalized spacial score (nSPS) is 11.3. The molecule has 1 rings (SSSR count). The van der Waals surface area contributed by atoms with E-state index in [9.17, 15) is 9.59 Å². The molecule has 0 aromatic heterocycles. The van der Waals surface area contributed by atoms with Gasteiger partial charge in [0.2, 0.25) is 0 Å². The van der Waals surface area contributed by atoms with Gasteiger partial charge in [0, 0.05) is 25.9 Å². The van der Waals surface area contributed by atoms with E-state index in [0.29, 0.717) is 25.2 Å². The molecule has 0 heterocycles. The van der Waals surface area contributed by atoms with E-state index in [1.165, 1.54) is 82.6 Å². The first-order valence-corrected chi connectivity index (χ1v) is 18.5. The van der Waals surface area contributed by atoms with Crippen molar-refractivity contribution in [1.82, 2.24) is 0 Å². The van der Waals surface area contributed by atoms with Gasteiger partial charge >= 0.3 is 5.97 Å². The quantitative estimate of drug-likeness (QED) is 0.0609. The van der Waals surface area contributed by atoms with Gasteiger partial charge < -0.3 is 9.47 Å². The summed E-state index contributed by atoms with van der Waals surface area (Å²) in [6.45, 7) is 5.99. The maximum atomic E-state index is 12.6. The number of benzene rings is 1. The van der Waals surface area contributed by atoms with Gasteiger partial charge in [0.25, 0.3) is 0 Å². The Morgan fingerprint density at radius 1 is 0.558 bits per heavy atom. The molecule has 0 bridgehead atoms. The Morgan fingerprint density at radius 3 is 1.58 bits per heavy atom. The lowest BCUT2D eigenvalue weighted by atomic mass is 10.0. The molecule has 0 saturated carbocycles. The topological polar surface area (TPSA) is 52.6 Å². The number of esters is 1. The maximum absolute atomic E-state index is 12.6. The van der Waals surface area contributed by atoms with E-state index in [2.05, 4.69) is 26.0 Å². The Labute approximate surface area is 266 Å². The van der Waals surface area contributed by atoms with Crippen molar-refractivity contribution in [3.8, 4) is 0 Å². The number of ether oxygens (including phenoxy) is 2. The maximum Gasteiger partial charge on any atom is 0.306 e. The molecule has 43 heavy (non-hydrogen) atoms. The van der Waals surface area contributed by atoms with Crippen LogP contribution in [0.4, 0.5) is 0 Å². The summed E-state index contributed by atoms with van der Waals surface area (Å²) in [4.78, 5) is 24.8. The molecule has 0 N–H and O–H groups in total. The van der Waals surface area contributed by atoms with Crippen molar-refractivity contribution in [2.45, 2.75) is 193 Å². The van der Waals surface area contributed by atoms with Crippen LogP contribution in [0, 0.1) is 0 Å². The molecule has 0 amide bonds. The van der Waals surface area contributed by atoms with Crippen molar-refractivity contribution in [2.24, 2.45) is 0 Å². The van der Waals surface area contributed by atoms with Crippen LogP contribution in [0.3, 0.4) is 0 Å². The summed E-state index contributed by atoms with van der Waals surface area (Å²) in [5, 5.41) is 0. The van der Waals surface area contributed by atoms with Gasteiger partial charge in [0.1, 0.15) is 11.9 Å². The number of ketones is 1. The zero-order chi connectivity index (χ0) is 31.1. The van der Waals surface area contributed by atoms with Crippen LogP contribution >= 0.6 is 0 Å². The van der Waals surface area contributed by atoms with Gasteiger partial charge in [-0.3, -0.25) is 9.59 Å². The fourth-order valence-electron chi connectivity index (χ4n) is 5.70. The molecule has 0 aliphatic heterocycles. The molecule has 248 valence electrons. The molecule has 1 aromatic rings. The van der Waals surface area contributed by atoms with Gasteiger partial charge in [0.15, 0.2) is 0 Å². The number of Topliss-reactive ketones (excluding diaryl/α,β-unsaturated/α-hetero) is 1. The fourth-order valence-corrected chi connectivity index (χ4v) is 5.70. The number of carbonyl (C=O) groups excluding carboxylic acids is 2. The molecule has 0 aliphatic rings. The summed E-state index contributed by atoms with van der Waals surface area (Å²) in [7, 11) is 0.